The van der Waals surface area contributed by atoms with Crippen LogP contribution in [0.25, 0.3) is 0 Å². The maximum Gasteiger partial charge on any atom is 0.226 e. The molecule has 0 radical (unpaired) electrons. The summed E-state index contributed by atoms with van der Waals surface area (Å²) >= 11 is 0. The Morgan fingerprint density at radius 2 is 1.96 bits per heavy atom. The Morgan fingerprint density at radius 3 is 2.62 bits per heavy atom. The molecule has 0 saturated heterocycles. The third-order valence-electron chi connectivity index (χ3n) is 5.11. The summed E-state index contributed by atoms with van der Waals surface area (Å²) in [5.41, 5.74) is 1.31. The standard InChI is InChI=1S/C20H27NO3/c1-13(2)10-15-18(20(15,3)4)19(22)21(5)11-14-12-23-16-8-6-7-9-17(16)24-14/h6-10,14-15,18H,11-12H2,1-5H3/t14-,15-,18+/m1/s1. The zero-order valence-electron chi connectivity index (χ0n) is 15.2. The van der Waals surface area contributed by atoms with Crippen LogP contribution in [0.4, 0.5) is 0 Å². The van der Waals surface area contributed by atoms with Gasteiger partial charge < -0.3 is 14.4 Å². The minimum Gasteiger partial charge on any atom is -0.486 e. The third-order valence-corrected chi connectivity index (χ3v) is 5.11. The summed E-state index contributed by atoms with van der Waals surface area (Å²) in [7, 11) is 1.86. The quantitative estimate of drug-likeness (QED) is 0.793. The van der Waals surface area contributed by atoms with E-state index in [2.05, 4.69) is 33.8 Å². The minimum absolute atomic E-state index is 0.0408. The number of hydrogen-bond acceptors (Lipinski definition) is 3. The van der Waals surface area contributed by atoms with Crippen molar-refractivity contribution in [1.82, 2.24) is 4.90 Å². The lowest BCUT2D eigenvalue weighted by Crippen LogP contribution is -2.42. The van der Waals surface area contributed by atoms with Crippen molar-refractivity contribution < 1.29 is 14.3 Å². The van der Waals surface area contributed by atoms with Gasteiger partial charge in [0.25, 0.3) is 0 Å². The molecule has 0 aromatic heterocycles. The maximum atomic E-state index is 12.8. The van der Waals surface area contributed by atoms with E-state index in [9.17, 15) is 4.79 Å². The zero-order valence-corrected chi connectivity index (χ0v) is 15.2. The SMILES string of the molecule is CC(C)=C[C@@H]1[C@@H](C(=O)N(C)C[C@@H]2COc3ccccc3O2)C1(C)C. The third kappa shape index (κ3) is 3.14. The van der Waals surface area contributed by atoms with E-state index in [1.54, 1.807) is 4.90 Å². The predicted octanol–water partition coefficient (Wildman–Crippen LogP) is 3.52. The van der Waals surface area contributed by atoms with Gasteiger partial charge in [0.05, 0.1) is 12.5 Å². The van der Waals surface area contributed by atoms with E-state index in [-0.39, 0.29) is 23.3 Å². The van der Waals surface area contributed by atoms with Crippen LogP contribution in [0.3, 0.4) is 0 Å². The molecule has 1 amide bonds. The number of carbonyl (C=O) groups excluding carboxylic acids is 1. The molecule has 1 aliphatic carbocycles. The van der Waals surface area contributed by atoms with Gasteiger partial charge in [-0.3, -0.25) is 4.79 Å². The van der Waals surface area contributed by atoms with E-state index in [4.69, 9.17) is 9.47 Å². The van der Waals surface area contributed by atoms with Crippen LogP contribution in [0, 0.1) is 17.3 Å². The van der Waals surface area contributed by atoms with Crippen molar-refractivity contribution in [1.29, 1.82) is 0 Å². The van der Waals surface area contributed by atoms with Gasteiger partial charge in [-0.15, -0.1) is 0 Å². The van der Waals surface area contributed by atoms with Gasteiger partial charge in [0.15, 0.2) is 17.6 Å². The molecule has 3 rings (SSSR count). The van der Waals surface area contributed by atoms with Gasteiger partial charge >= 0.3 is 0 Å². The smallest absolute Gasteiger partial charge is 0.226 e. The molecule has 0 N–H and O–H groups in total. The Bertz CT molecular complexity index is 661. The van der Waals surface area contributed by atoms with Crippen LogP contribution in [0.2, 0.25) is 0 Å². The Hall–Kier alpha value is -1.97. The maximum absolute atomic E-state index is 12.8. The lowest BCUT2D eigenvalue weighted by atomic mass is 10.1. The van der Waals surface area contributed by atoms with Gasteiger partial charge in [-0.25, -0.2) is 0 Å². The van der Waals surface area contributed by atoms with Crippen LogP contribution in [0.5, 0.6) is 11.5 Å². The van der Waals surface area contributed by atoms with Crippen LogP contribution < -0.4 is 9.47 Å². The first-order chi connectivity index (χ1) is 11.3. The average Bonchev–Trinajstić information content (AvgIpc) is 3.06. The normalized spacial score (nSPS) is 26.5. The highest BCUT2D eigenvalue weighted by atomic mass is 16.6. The summed E-state index contributed by atoms with van der Waals surface area (Å²) in [6.45, 7) is 9.53. The molecule has 1 saturated carbocycles. The molecule has 0 unspecified atom stereocenters. The van der Waals surface area contributed by atoms with Crippen molar-refractivity contribution in [3.05, 3.63) is 35.9 Å². The molecule has 0 spiro atoms. The highest BCUT2D eigenvalue weighted by molar-refractivity contribution is 5.83. The molecule has 1 aromatic rings. The predicted molar refractivity (Wildman–Crippen MR) is 94.2 cm³/mol. The molecule has 1 aliphatic heterocycles. The summed E-state index contributed by atoms with van der Waals surface area (Å²) in [5.74, 6) is 2.12. The average molecular weight is 329 g/mol. The first-order valence-electron chi connectivity index (χ1n) is 8.59. The number of ether oxygens (including phenoxy) is 2. The fourth-order valence-corrected chi connectivity index (χ4v) is 3.61. The first-order valence-corrected chi connectivity index (χ1v) is 8.59. The monoisotopic (exact) mass is 329 g/mol. The Morgan fingerprint density at radius 1 is 1.29 bits per heavy atom. The fraction of sp³-hybridized carbons (Fsp3) is 0.550. The fourth-order valence-electron chi connectivity index (χ4n) is 3.61. The molecule has 1 aromatic carbocycles. The number of para-hydroxylation sites is 2. The number of benzene rings is 1. The van der Waals surface area contributed by atoms with Crippen molar-refractivity contribution >= 4 is 5.91 Å². The lowest BCUT2D eigenvalue weighted by molar-refractivity contribution is -0.133. The molecule has 4 nitrogen and oxygen atoms in total. The number of rotatable bonds is 4. The lowest BCUT2D eigenvalue weighted by Gasteiger charge is -2.29. The largest absolute Gasteiger partial charge is 0.486 e. The molecule has 130 valence electrons. The summed E-state index contributed by atoms with van der Waals surface area (Å²) < 4.78 is 11.7. The Kier molecular flexibility index (Phi) is 4.33. The minimum atomic E-state index is -0.127. The molecule has 4 heteroatoms. The number of fused-ring (bicyclic) bond motifs is 1. The number of hydrogen-bond donors (Lipinski definition) is 0. The van der Waals surface area contributed by atoms with E-state index in [0.29, 0.717) is 19.1 Å². The van der Waals surface area contributed by atoms with E-state index >= 15 is 0 Å². The van der Waals surface area contributed by atoms with Gasteiger partial charge in [0.1, 0.15) is 6.61 Å². The van der Waals surface area contributed by atoms with Gasteiger partial charge in [0.2, 0.25) is 5.91 Å². The van der Waals surface area contributed by atoms with Crippen molar-refractivity contribution in [2.75, 3.05) is 20.2 Å². The number of nitrogens with zero attached hydrogens (tertiary/aromatic N) is 1. The topological polar surface area (TPSA) is 38.8 Å². The molecule has 24 heavy (non-hydrogen) atoms. The molecular formula is C20H27NO3. The van der Waals surface area contributed by atoms with Crippen molar-refractivity contribution in [3.8, 4) is 11.5 Å². The molecule has 0 bridgehead atoms. The highest BCUT2D eigenvalue weighted by Gasteiger charge is 2.61. The van der Waals surface area contributed by atoms with Crippen LogP contribution in [0.1, 0.15) is 27.7 Å². The number of carbonyl (C=O) groups is 1. The van der Waals surface area contributed by atoms with Crippen molar-refractivity contribution in [2.45, 2.75) is 33.8 Å². The summed E-state index contributed by atoms with van der Waals surface area (Å²) in [6, 6.07) is 7.65. The second kappa shape index (κ2) is 6.15. The highest BCUT2D eigenvalue weighted by Crippen LogP contribution is 2.60. The zero-order chi connectivity index (χ0) is 17.5. The summed E-state index contributed by atoms with van der Waals surface area (Å²) in [4.78, 5) is 14.6. The van der Waals surface area contributed by atoms with Crippen LogP contribution >= 0.6 is 0 Å². The van der Waals surface area contributed by atoms with Gasteiger partial charge in [0, 0.05) is 7.05 Å². The second-order valence-corrected chi connectivity index (χ2v) is 7.79. The number of allylic oxidation sites excluding steroid dienone is 2. The molecule has 1 fully saturated rings. The Labute approximate surface area is 144 Å². The van der Waals surface area contributed by atoms with Gasteiger partial charge in [-0.05, 0) is 37.3 Å². The molecule has 1 heterocycles. The van der Waals surface area contributed by atoms with E-state index in [1.165, 1.54) is 5.57 Å². The molecule has 3 atom stereocenters. The summed E-state index contributed by atoms with van der Waals surface area (Å²) in [5, 5.41) is 0. The number of amides is 1. The summed E-state index contributed by atoms with van der Waals surface area (Å²) in [6.07, 6.45) is 2.10. The first kappa shape index (κ1) is 16.9. The molecule has 2 aliphatic rings. The van der Waals surface area contributed by atoms with E-state index in [1.807, 2.05) is 31.3 Å². The van der Waals surface area contributed by atoms with Gasteiger partial charge in [-0.2, -0.15) is 0 Å². The van der Waals surface area contributed by atoms with Gasteiger partial charge in [-0.1, -0.05) is 37.6 Å². The van der Waals surface area contributed by atoms with Crippen molar-refractivity contribution in [3.63, 3.8) is 0 Å². The van der Waals surface area contributed by atoms with Crippen LogP contribution in [0.15, 0.2) is 35.9 Å². The second-order valence-electron chi connectivity index (χ2n) is 7.79. The Balaban J connectivity index is 1.61. The van der Waals surface area contributed by atoms with Crippen LogP contribution in [-0.2, 0) is 4.79 Å². The number of likely N-dealkylation sites (N-methyl/N-ethyl adjacent to an activating group) is 1. The van der Waals surface area contributed by atoms with Crippen LogP contribution in [-0.4, -0.2) is 37.1 Å². The van der Waals surface area contributed by atoms with Crippen molar-refractivity contribution in [2.24, 2.45) is 17.3 Å². The molecular weight excluding hydrogens is 302 g/mol. The van der Waals surface area contributed by atoms with E-state index < -0.39 is 0 Å². The van der Waals surface area contributed by atoms with E-state index in [0.717, 1.165) is 11.5 Å².